The summed E-state index contributed by atoms with van der Waals surface area (Å²) in [7, 11) is 1.66. The fourth-order valence-corrected chi connectivity index (χ4v) is 2.50. The second kappa shape index (κ2) is 6.98. The lowest BCUT2D eigenvalue weighted by atomic mass is 10.1. The van der Waals surface area contributed by atoms with Gasteiger partial charge in [-0.15, -0.1) is 0 Å². The zero-order valence-electron chi connectivity index (χ0n) is 11.5. The van der Waals surface area contributed by atoms with Crippen LogP contribution in [-0.4, -0.2) is 7.11 Å². The van der Waals surface area contributed by atoms with Gasteiger partial charge in [-0.1, -0.05) is 41.4 Å². The topological polar surface area (TPSA) is 21.3 Å². The molecule has 2 aromatic rings. The molecule has 0 aliphatic carbocycles. The summed E-state index contributed by atoms with van der Waals surface area (Å²) in [4.78, 5) is 0. The maximum atomic E-state index is 6.16. The van der Waals surface area contributed by atoms with Crippen molar-refractivity contribution in [2.24, 2.45) is 0 Å². The molecule has 0 aliphatic rings. The summed E-state index contributed by atoms with van der Waals surface area (Å²) < 4.78 is 5.15. The van der Waals surface area contributed by atoms with Crippen molar-refractivity contribution >= 4 is 23.2 Å². The zero-order valence-corrected chi connectivity index (χ0v) is 13.0. The van der Waals surface area contributed by atoms with Crippen molar-refractivity contribution in [2.45, 2.75) is 19.5 Å². The number of rotatable bonds is 5. The summed E-state index contributed by atoms with van der Waals surface area (Å²) in [5.74, 6) is 0.857. The van der Waals surface area contributed by atoms with Gasteiger partial charge < -0.3 is 10.1 Å². The van der Waals surface area contributed by atoms with Gasteiger partial charge in [0, 0.05) is 28.2 Å². The Labute approximate surface area is 129 Å². The molecule has 1 N–H and O–H groups in total. The number of nitrogens with one attached hydrogen (secondary N) is 1. The average molecular weight is 310 g/mol. The first kappa shape index (κ1) is 15.2. The van der Waals surface area contributed by atoms with E-state index in [0.29, 0.717) is 16.6 Å². The van der Waals surface area contributed by atoms with Crippen molar-refractivity contribution in [1.29, 1.82) is 0 Å². The molecule has 20 heavy (non-hydrogen) atoms. The summed E-state index contributed by atoms with van der Waals surface area (Å²) in [5, 5.41) is 4.80. The minimum atomic E-state index is 0.202. The Hall–Kier alpha value is -1.22. The monoisotopic (exact) mass is 309 g/mol. The van der Waals surface area contributed by atoms with Crippen molar-refractivity contribution in [3.05, 3.63) is 63.6 Å². The first-order valence-corrected chi connectivity index (χ1v) is 7.17. The van der Waals surface area contributed by atoms with Gasteiger partial charge in [0.05, 0.1) is 7.11 Å². The van der Waals surface area contributed by atoms with Crippen LogP contribution in [0, 0.1) is 0 Å². The van der Waals surface area contributed by atoms with Gasteiger partial charge in [0.25, 0.3) is 0 Å². The number of benzene rings is 2. The maximum absolute atomic E-state index is 6.16. The normalized spacial score (nSPS) is 12.2. The van der Waals surface area contributed by atoms with Gasteiger partial charge in [-0.05, 0) is 36.8 Å². The van der Waals surface area contributed by atoms with E-state index in [2.05, 4.69) is 12.2 Å². The Balaban J connectivity index is 2.02. The highest BCUT2D eigenvalue weighted by atomic mass is 35.5. The minimum Gasteiger partial charge on any atom is -0.497 e. The third-order valence-corrected chi connectivity index (χ3v) is 3.97. The molecule has 0 aliphatic heterocycles. The van der Waals surface area contributed by atoms with Crippen molar-refractivity contribution in [3.8, 4) is 5.75 Å². The summed E-state index contributed by atoms with van der Waals surface area (Å²) in [6.07, 6.45) is 0. The summed E-state index contributed by atoms with van der Waals surface area (Å²) >= 11 is 12.3. The summed E-state index contributed by atoms with van der Waals surface area (Å²) in [6.45, 7) is 2.73. The molecule has 0 fully saturated rings. The van der Waals surface area contributed by atoms with Crippen LogP contribution in [0.4, 0.5) is 0 Å². The lowest BCUT2D eigenvalue weighted by Gasteiger charge is -2.16. The van der Waals surface area contributed by atoms with E-state index in [1.165, 1.54) is 5.56 Å². The van der Waals surface area contributed by atoms with Crippen molar-refractivity contribution in [1.82, 2.24) is 5.32 Å². The van der Waals surface area contributed by atoms with Gasteiger partial charge in [-0.3, -0.25) is 0 Å². The Kier molecular flexibility index (Phi) is 5.30. The second-order valence-electron chi connectivity index (χ2n) is 4.58. The molecule has 0 bridgehead atoms. The molecular formula is C16H17Cl2NO. The van der Waals surface area contributed by atoms with E-state index in [1.54, 1.807) is 7.11 Å². The molecule has 2 rings (SSSR count). The first-order valence-electron chi connectivity index (χ1n) is 6.42. The summed E-state index contributed by atoms with van der Waals surface area (Å²) in [6, 6.07) is 13.8. The van der Waals surface area contributed by atoms with E-state index >= 15 is 0 Å². The highest BCUT2D eigenvalue weighted by Gasteiger charge is 2.09. The molecule has 0 unspecified atom stereocenters. The van der Waals surface area contributed by atoms with Gasteiger partial charge in [0.2, 0.25) is 0 Å². The predicted molar refractivity (Wildman–Crippen MR) is 84.7 cm³/mol. The van der Waals surface area contributed by atoms with Gasteiger partial charge in [0.15, 0.2) is 0 Å². The fraction of sp³-hybridized carbons (Fsp3) is 0.250. The van der Waals surface area contributed by atoms with E-state index in [0.717, 1.165) is 11.3 Å². The number of ether oxygens (including phenoxy) is 1. The van der Waals surface area contributed by atoms with E-state index in [4.69, 9.17) is 27.9 Å². The number of halogens is 2. The molecule has 4 heteroatoms. The van der Waals surface area contributed by atoms with E-state index in [9.17, 15) is 0 Å². The van der Waals surface area contributed by atoms with Gasteiger partial charge in [-0.25, -0.2) is 0 Å². The average Bonchev–Trinajstić information content (AvgIpc) is 2.46. The maximum Gasteiger partial charge on any atom is 0.118 e. The van der Waals surface area contributed by atoms with Gasteiger partial charge in [-0.2, -0.15) is 0 Å². The van der Waals surface area contributed by atoms with E-state index in [1.807, 2.05) is 42.5 Å². The number of hydrogen-bond donors (Lipinski definition) is 1. The Morgan fingerprint density at radius 3 is 2.20 bits per heavy atom. The third kappa shape index (κ3) is 3.66. The SMILES string of the molecule is COc1ccc([C@@H](C)NCc2c(Cl)cccc2Cl)cc1. The zero-order chi connectivity index (χ0) is 14.5. The van der Waals surface area contributed by atoms with E-state index < -0.39 is 0 Å². The third-order valence-electron chi connectivity index (χ3n) is 3.26. The minimum absolute atomic E-state index is 0.202. The molecule has 0 spiro atoms. The van der Waals surface area contributed by atoms with Crippen molar-refractivity contribution in [2.75, 3.05) is 7.11 Å². The Bertz CT molecular complexity index is 549. The van der Waals surface area contributed by atoms with Crippen molar-refractivity contribution < 1.29 is 4.74 Å². The Morgan fingerprint density at radius 2 is 1.65 bits per heavy atom. The molecule has 0 aromatic heterocycles. The van der Waals surface area contributed by atoms with Crippen LogP contribution >= 0.6 is 23.2 Å². The van der Waals surface area contributed by atoms with E-state index in [-0.39, 0.29) is 6.04 Å². The highest BCUT2D eigenvalue weighted by molar-refractivity contribution is 6.35. The molecule has 0 heterocycles. The molecular weight excluding hydrogens is 293 g/mol. The second-order valence-corrected chi connectivity index (χ2v) is 5.39. The van der Waals surface area contributed by atoms with Crippen LogP contribution in [0.2, 0.25) is 10.0 Å². The molecule has 0 saturated heterocycles. The van der Waals surface area contributed by atoms with Gasteiger partial charge in [0.1, 0.15) is 5.75 Å². The molecule has 2 nitrogen and oxygen atoms in total. The van der Waals surface area contributed by atoms with Crippen LogP contribution < -0.4 is 10.1 Å². The quantitative estimate of drug-likeness (QED) is 0.852. The molecule has 0 radical (unpaired) electrons. The predicted octanol–water partition coefficient (Wildman–Crippen LogP) is 4.85. The smallest absolute Gasteiger partial charge is 0.118 e. The summed E-state index contributed by atoms with van der Waals surface area (Å²) in [5.41, 5.74) is 2.12. The van der Waals surface area contributed by atoms with Crippen LogP contribution in [0.3, 0.4) is 0 Å². The van der Waals surface area contributed by atoms with Crippen LogP contribution in [-0.2, 0) is 6.54 Å². The molecule has 2 aromatic carbocycles. The fourth-order valence-electron chi connectivity index (χ4n) is 1.97. The number of hydrogen-bond acceptors (Lipinski definition) is 2. The lowest BCUT2D eigenvalue weighted by molar-refractivity contribution is 0.414. The van der Waals surface area contributed by atoms with Crippen LogP contribution in [0.5, 0.6) is 5.75 Å². The Morgan fingerprint density at radius 1 is 1.05 bits per heavy atom. The lowest BCUT2D eigenvalue weighted by Crippen LogP contribution is -2.18. The standard InChI is InChI=1S/C16H17Cl2NO/c1-11(12-6-8-13(20-2)9-7-12)19-10-14-15(17)4-3-5-16(14)18/h3-9,11,19H,10H2,1-2H3/t11-/m1/s1. The molecule has 0 saturated carbocycles. The largest absolute Gasteiger partial charge is 0.497 e. The van der Waals surface area contributed by atoms with Crippen LogP contribution in [0.25, 0.3) is 0 Å². The van der Waals surface area contributed by atoms with Crippen molar-refractivity contribution in [3.63, 3.8) is 0 Å². The van der Waals surface area contributed by atoms with Gasteiger partial charge >= 0.3 is 0 Å². The molecule has 1 atom stereocenters. The first-order chi connectivity index (χ1) is 9.61. The highest BCUT2D eigenvalue weighted by Crippen LogP contribution is 2.25. The molecule has 106 valence electrons. The number of methoxy groups -OCH3 is 1. The van der Waals surface area contributed by atoms with Crippen LogP contribution in [0.15, 0.2) is 42.5 Å². The molecule has 0 amide bonds. The van der Waals surface area contributed by atoms with Crippen LogP contribution in [0.1, 0.15) is 24.1 Å².